The van der Waals surface area contributed by atoms with Gasteiger partial charge in [0.25, 0.3) is 0 Å². The van der Waals surface area contributed by atoms with E-state index < -0.39 is 6.04 Å². The number of hydrogen-bond acceptors (Lipinski definition) is 2. The molecule has 2 aliphatic heterocycles. The molecule has 3 heterocycles. The van der Waals surface area contributed by atoms with E-state index in [1.165, 1.54) is 0 Å². The molecule has 1 aromatic carbocycles. The number of nitrogens with one attached hydrogen (secondary N) is 2. The number of amides is 2. The van der Waals surface area contributed by atoms with Crippen LogP contribution in [0.4, 0.5) is 0 Å². The van der Waals surface area contributed by atoms with Crippen LogP contribution in [0.1, 0.15) is 18.4 Å². The molecule has 0 bridgehead atoms. The molecular weight excluding hydrogens is 266 g/mol. The maximum absolute atomic E-state index is 12.5. The van der Waals surface area contributed by atoms with Gasteiger partial charge in [-0.15, -0.1) is 0 Å². The molecule has 2 aliphatic rings. The number of benzene rings is 1. The van der Waals surface area contributed by atoms with Crippen LogP contribution in [-0.4, -0.2) is 40.3 Å². The van der Waals surface area contributed by atoms with E-state index >= 15 is 0 Å². The fraction of sp³-hybridized carbons (Fsp3) is 0.375. The van der Waals surface area contributed by atoms with Crippen LogP contribution in [-0.2, 0) is 16.0 Å². The summed E-state index contributed by atoms with van der Waals surface area (Å²) < 4.78 is 0. The zero-order valence-electron chi connectivity index (χ0n) is 11.6. The monoisotopic (exact) mass is 283 g/mol. The maximum Gasteiger partial charge on any atom is 0.246 e. The van der Waals surface area contributed by atoms with Gasteiger partial charge >= 0.3 is 0 Å². The molecule has 1 aromatic heterocycles. The number of nitrogens with zero attached hydrogens (tertiary/aromatic N) is 1. The molecule has 108 valence electrons. The highest BCUT2D eigenvalue weighted by molar-refractivity contribution is 5.98. The van der Waals surface area contributed by atoms with E-state index in [4.69, 9.17) is 0 Å². The molecule has 1 unspecified atom stereocenters. The third-order valence-electron chi connectivity index (χ3n) is 4.55. The second-order valence-electron chi connectivity index (χ2n) is 5.81. The largest absolute Gasteiger partial charge is 0.361 e. The van der Waals surface area contributed by atoms with E-state index in [9.17, 15) is 9.59 Å². The molecule has 2 atom stereocenters. The molecule has 21 heavy (non-hydrogen) atoms. The van der Waals surface area contributed by atoms with Gasteiger partial charge in [-0.25, -0.2) is 0 Å². The summed E-state index contributed by atoms with van der Waals surface area (Å²) in [5, 5.41) is 4.01. The van der Waals surface area contributed by atoms with E-state index in [0.29, 0.717) is 13.0 Å². The number of aromatic amines is 1. The Morgan fingerprint density at radius 1 is 1.24 bits per heavy atom. The number of piperazine rings is 1. The summed E-state index contributed by atoms with van der Waals surface area (Å²) in [4.78, 5) is 29.6. The molecule has 2 aromatic rings. The van der Waals surface area contributed by atoms with Crippen molar-refractivity contribution in [2.45, 2.75) is 31.3 Å². The van der Waals surface area contributed by atoms with Crippen molar-refractivity contribution in [2.75, 3.05) is 6.54 Å². The Bertz CT molecular complexity index is 721. The van der Waals surface area contributed by atoms with Crippen LogP contribution >= 0.6 is 0 Å². The topological polar surface area (TPSA) is 65.2 Å². The fourth-order valence-corrected chi connectivity index (χ4v) is 3.49. The molecule has 2 saturated heterocycles. The molecule has 2 fully saturated rings. The van der Waals surface area contributed by atoms with E-state index in [1.807, 2.05) is 30.5 Å². The summed E-state index contributed by atoms with van der Waals surface area (Å²) in [7, 11) is 0. The molecule has 0 spiro atoms. The highest BCUT2D eigenvalue weighted by Crippen LogP contribution is 2.25. The predicted molar refractivity (Wildman–Crippen MR) is 78.7 cm³/mol. The van der Waals surface area contributed by atoms with Crippen molar-refractivity contribution in [1.29, 1.82) is 0 Å². The SMILES string of the molecule is O=C1NC(Cc2c[nH]c3ccccc23)C(=O)N2CCC[C@@H]12. The number of para-hydroxylation sites is 1. The van der Waals surface area contributed by atoms with Crippen molar-refractivity contribution in [2.24, 2.45) is 0 Å². The van der Waals surface area contributed by atoms with Gasteiger partial charge in [-0.05, 0) is 24.5 Å². The molecular formula is C16H17N3O2. The summed E-state index contributed by atoms with van der Waals surface area (Å²) in [6, 6.07) is 7.33. The van der Waals surface area contributed by atoms with Gasteiger partial charge in [0.2, 0.25) is 11.8 Å². The van der Waals surface area contributed by atoms with Crippen LogP contribution in [0.15, 0.2) is 30.5 Å². The number of aromatic nitrogens is 1. The minimum atomic E-state index is -0.439. The number of fused-ring (bicyclic) bond motifs is 2. The molecule has 0 saturated carbocycles. The van der Waals surface area contributed by atoms with Crippen LogP contribution in [0, 0.1) is 0 Å². The van der Waals surface area contributed by atoms with E-state index in [2.05, 4.69) is 10.3 Å². The number of hydrogen-bond donors (Lipinski definition) is 2. The lowest BCUT2D eigenvalue weighted by molar-refractivity contribution is -0.146. The van der Waals surface area contributed by atoms with Gasteiger partial charge in [0.1, 0.15) is 12.1 Å². The average molecular weight is 283 g/mol. The van der Waals surface area contributed by atoms with Crippen LogP contribution in [0.5, 0.6) is 0 Å². The standard InChI is InChI=1S/C16H17N3O2/c20-15-14-6-3-7-19(14)16(21)13(18-15)8-10-9-17-12-5-2-1-4-11(10)12/h1-2,4-5,9,13-14,17H,3,6-8H2,(H,18,20)/t13?,14-/m0/s1. The fourth-order valence-electron chi connectivity index (χ4n) is 3.49. The van der Waals surface area contributed by atoms with Crippen LogP contribution in [0.25, 0.3) is 10.9 Å². The second kappa shape index (κ2) is 4.62. The van der Waals surface area contributed by atoms with Crippen LogP contribution in [0.2, 0.25) is 0 Å². The van der Waals surface area contributed by atoms with Gasteiger partial charge in [0.15, 0.2) is 0 Å². The predicted octanol–water partition coefficient (Wildman–Crippen LogP) is 1.20. The van der Waals surface area contributed by atoms with Gasteiger partial charge < -0.3 is 15.2 Å². The Balaban J connectivity index is 1.62. The molecule has 0 aliphatic carbocycles. The summed E-state index contributed by atoms with van der Waals surface area (Å²) >= 11 is 0. The average Bonchev–Trinajstić information content (AvgIpc) is 3.12. The molecule has 0 radical (unpaired) electrons. The molecule has 5 heteroatoms. The minimum Gasteiger partial charge on any atom is -0.361 e. The van der Waals surface area contributed by atoms with Crippen molar-refractivity contribution >= 4 is 22.7 Å². The highest BCUT2D eigenvalue weighted by Gasteiger charge is 2.42. The third-order valence-corrected chi connectivity index (χ3v) is 4.55. The molecule has 4 rings (SSSR count). The van der Waals surface area contributed by atoms with Crippen LogP contribution < -0.4 is 5.32 Å². The highest BCUT2D eigenvalue weighted by atomic mass is 16.2. The first-order valence-corrected chi connectivity index (χ1v) is 7.40. The first-order chi connectivity index (χ1) is 10.2. The van der Waals surface area contributed by atoms with Gasteiger partial charge in [-0.1, -0.05) is 18.2 Å². The Hall–Kier alpha value is -2.30. The second-order valence-corrected chi connectivity index (χ2v) is 5.81. The number of rotatable bonds is 2. The summed E-state index contributed by atoms with van der Waals surface area (Å²) in [6.07, 6.45) is 4.18. The zero-order valence-corrected chi connectivity index (χ0v) is 11.6. The Kier molecular flexibility index (Phi) is 2.74. The Morgan fingerprint density at radius 2 is 2.10 bits per heavy atom. The first-order valence-electron chi connectivity index (χ1n) is 7.40. The summed E-state index contributed by atoms with van der Waals surface area (Å²) in [5.74, 6) is 0.0549. The normalized spacial score (nSPS) is 25.2. The Morgan fingerprint density at radius 3 is 3.00 bits per heavy atom. The first kappa shape index (κ1) is 12.4. The summed E-state index contributed by atoms with van der Waals surface area (Å²) in [5.41, 5.74) is 2.13. The van der Waals surface area contributed by atoms with Crippen molar-refractivity contribution in [3.63, 3.8) is 0 Å². The summed E-state index contributed by atoms with van der Waals surface area (Å²) in [6.45, 7) is 0.710. The van der Waals surface area contributed by atoms with Crippen molar-refractivity contribution in [1.82, 2.24) is 15.2 Å². The van der Waals surface area contributed by atoms with E-state index in [-0.39, 0.29) is 17.9 Å². The smallest absolute Gasteiger partial charge is 0.246 e. The van der Waals surface area contributed by atoms with E-state index in [0.717, 1.165) is 29.3 Å². The number of carbonyl (C=O) groups is 2. The van der Waals surface area contributed by atoms with Gasteiger partial charge in [0.05, 0.1) is 0 Å². The lowest BCUT2D eigenvalue weighted by Crippen LogP contribution is -2.61. The van der Waals surface area contributed by atoms with E-state index in [1.54, 1.807) is 4.90 Å². The van der Waals surface area contributed by atoms with Crippen molar-refractivity contribution in [3.05, 3.63) is 36.0 Å². The number of carbonyl (C=O) groups excluding carboxylic acids is 2. The lowest BCUT2D eigenvalue weighted by Gasteiger charge is -2.34. The van der Waals surface area contributed by atoms with Crippen molar-refractivity contribution in [3.8, 4) is 0 Å². The zero-order chi connectivity index (χ0) is 14.4. The molecule has 2 amide bonds. The maximum atomic E-state index is 12.5. The quantitative estimate of drug-likeness (QED) is 0.870. The van der Waals surface area contributed by atoms with Gasteiger partial charge in [-0.3, -0.25) is 9.59 Å². The minimum absolute atomic E-state index is 0.00283. The molecule has 5 nitrogen and oxygen atoms in total. The van der Waals surface area contributed by atoms with Crippen LogP contribution in [0.3, 0.4) is 0 Å². The van der Waals surface area contributed by atoms with Gasteiger partial charge in [0, 0.05) is 30.1 Å². The lowest BCUT2D eigenvalue weighted by atomic mass is 10.0. The third kappa shape index (κ3) is 1.92. The van der Waals surface area contributed by atoms with Crippen molar-refractivity contribution < 1.29 is 9.59 Å². The number of H-pyrrole nitrogens is 1. The van der Waals surface area contributed by atoms with Gasteiger partial charge in [-0.2, -0.15) is 0 Å². The molecule has 2 N–H and O–H groups in total. The Labute approximate surface area is 122 Å².